The molecule has 1 saturated carbocycles. The van der Waals surface area contributed by atoms with Crippen LogP contribution in [0.2, 0.25) is 0 Å². The first kappa shape index (κ1) is 11.7. The van der Waals surface area contributed by atoms with Gasteiger partial charge >= 0.3 is 0 Å². The van der Waals surface area contributed by atoms with Crippen LogP contribution >= 0.6 is 0 Å². The Morgan fingerprint density at radius 3 is 2.31 bits per heavy atom. The van der Waals surface area contributed by atoms with E-state index in [9.17, 15) is 0 Å². The number of benzene rings is 1. The second-order valence-corrected chi connectivity index (χ2v) is 6.06. The fourth-order valence-electron chi connectivity index (χ4n) is 3.16. The molecule has 2 rings (SSSR count). The molecule has 0 heteroatoms. The van der Waals surface area contributed by atoms with E-state index < -0.39 is 0 Å². The number of rotatable bonds is 1. The Morgan fingerprint density at radius 1 is 1.12 bits per heavy atom. The quantitative estimate of drug-likeness (QED) is 0.634. The molecule has 0 spiro atoms. The van der Waals surface area contributed by atoms with Gasteiger partial charge in [0.25, 0.3) is 0 Å². The average Bonchev–Trinajstić information content (AvgIpc) is 2.22. The van der Waals surface area contributed by atoms with E-state index in [4.69, 9.17) is 0 Å². The first-order valence-corrected chi connectivity index (χ1v) is 6.59. The number of hydrogen-bond donors (Lipinski definition) is 0. The van der Waals surface area contributed by atoms with Gasteiger partial charge in [-0.3, -0.25) is 0 Å². The van der Waals surface area contributed by atoms with Crippen molar-refractivity contribution in [3.05, 3.63) is 34.9 Å². The summed E-state index contributed by atoms with van der Waals surface area (Å²) in [5.74, 6) is 0.929. The summed E-state index contributed by atoms with van der Waals surface area (Å²) in [6.07, 6.45) is 5.50. The second-order valence-electron chi connectivity index (χ2n) is 6.06. The Labute approximate surface area is 100 Å². The zero-order chi connectivity index (χ0) is 11.8. The van der Waals surface area contributed by atoms with E-state index in [0.29, 0.717) is 5.41 Å². The van der Waals surface area contributed by atoms with E-state index in [1.165, 1.54) is 36.8 Å². The third-order valence-corrected chi connectivity index (χ3v) is 4.41. The highest BCUT2D eigenvalue weighted by Crippen LogP contribution is 2.42. The molecule has 1 aliphatic carbocycles. The third kappa shape index (κ3) is 2.16. The third-order valence-electron chi connectivity index (χ3n) is 4.41. The van der Waals surface area contributed by atoms with E-state index in [2.05, 4.69) is 45.9 Å². The van der Waals surface area contributed by atoms with Crippen LogP contribution in [0.3, 0.4) is 0 Å². The Balaban J connectivity index is 2.29. The summed E-state index contributed by atoms with van der Waals surface area (Å²) >= 11 is 0. The van der Waals surface area contributed by atoms with Crippen molar-refractivity contribution in [2.75, 3.05) is 0 Å². The summed E-state index contributed by atoms with van der Waals surface area (Å²) in [4.78, 5) is 0. The monoisotopic (exact) mass is 216 g/mol. The van der Waals surface area contributed by atoms with Gasteiger partial charge in [-0.05, 0) is 62.0 Å². The van der Waals surface area contributed by atoms with Gasteiger partial charge in [-0.15, -0.1) is 0 Å². The summed E-state index contributed by atoms with van der Waals surface area (Å²) < 4.78 is 0. The molecule has 1 aromatic carbocycles. The molecule has 0 unspecified atom stereocenters. The minimum atomic E-state index is 0.435. The maximum Gasteiger partial charge on any atom is -0.00724 e. The first-order valence-electron chi connectivity index (χ1n) is 6.59. The molecule has 0 aliphatic heterocycles. The lowest BCUT2D eigenvalue weighted by molar-refractivity contribution is 0.260. The van der Waals surface area contributed by atoms with Crippen molar-refractivity contribution in [3.8, 4) is 0 Å². The van der Waals surface area contributed by atoms with E-state index in [-0.39, 0.29) is 0 Å². The molecule has 1 fully saturated rings. The van der Waals surface area contributed by atoms with Gasteiger partial charge in [0.2, 0.25) is 0 Å². The molecule has 0 nitrogen and oxygen atoms in total. The lowest BCUT2D eigenvalue weighted by Crippen LogP contribution is -2.28. The fourth-order valence-corrected chi connectivity index (χ4v) is 3.16. The van der Waals surface area contributed by atoms with Gasteiger partial charge in [-0.1, -0.05) is 37.6 Å². The van der Waals surface area contributed by atoms with Crippen molar-refractivity contribution < 1.29 is 0 Å². The minimum absolute atomic E-state index is 0.435. The zero-order valence-corrected chi connectivity index (χ0v) is 11.1. The van der Waals surface area contributed by atoms with Crippen LogP contribution < -0.4 is 0 Å². The summed E-state index contributed by atoms with van der Waals surface area (Å²) in [5.41, 5.74) is 4.89. The van der Waals surface area contributed by atoms with Crippen LogP contribution in [0.15, 0.2) is 18.2 Å². The van der Waals surface area contributed by atoms with Crippen LogP contribution in [0.4, 0.5) is 0 Å². The van der Waals surface area contributed by atoms with E-state index in [1.807, 2.05) is 0 Å². The van der Waals surface area contributed by atoms with Crippen LogP contribution in [0.25, 0.3) is 0 Å². The maximum atomic E-state index is 2.45. The number of hydrogen-bond acceptors (Lipinski definition) is 0. The largest absolute Gasteiger partial charge is 0.0625 e. The molecule has 0 saturated heterocycles. The van der Waals surface area contributed by atoms with Crippen molar-refractivity contribution in [2.24, 2.45) is 5.92 Å². The highest BCUT2D eigenvalue weighted by Gasteiger charge is 2.32. The fraction of sp³-hybridized carbons (Fsp3) is 0.625. The van der Waals surface area contributed by atoms with Gasteiger partial charge < -0.3 is 0 Å². The normalized spacial score (nSPS) is 30.4. The molecule has 0 aromatic heterocycles. The van der Waals surface area contributed by atoms with Gasteiger partial charge in [-0.25, -0.2) is 0 Å². The standard InChI is InChI=1S/C16H24/c1-12-7-9-16(4,10-8-12)15-6-5-13(2)11-14(15)3/h5-6,11-12H,7-10H2,1-4H3. The number of aryl methyl sites for hydroxylation is 2. The molecule has 0 amide bonds. The molecular formula is C16H24. The molecule has 0 atom stereocenters. The van der Waals surface area contributed by atoms with Crippen molar-refractivity contribution >= 4 is 0 Å². The summed E-state index contributed by atoms with van der Waals surface area (Å²) in [6, 6.07) is 6.96. The van der Waals surface area contributed by atoms with E-state index in [0.717, 1.165) is 5.92 Å². The van der Waals surface area contributed by atoms with Crippen LogP contribution in [-0.4, -0.2) is 0 Å². The smallest absolute Gasteiger partial charge is 0.00724 e. The summed E-state index contributed by atoms with van der Waals surface area (Å²) in [6.45, 7) is 9.30. The predicted octanol–water partition coefficient (Wildman–Crippen LogP) is 4.77. The van der Waals surface area contributed by atoms with E-state index in [1.54, 1.807) is 5.56 Å². The highest BCUT2D eigenvalue weighted by molar-refractivity contribution is 5.36. The van der Waals surface area contributed by atoms with Gasteiger partial charge in [0.1, 0.15) is 0 Å². The van der Waals surface area contributed by atoms with Crippen molar-refractivity contribution in [3.63, 3.8) is 0 Å². The molecule has 0 heterocycles. The molecule has 0 N–H and O–H groups in total. The van der Waals surface area contributed by atoms with Gasteiger partial charge in [0, 0.05) is 0 Å². The van der Waals surface area contributed by atoms with Gasteiger partial charge in [-0.2, -0.15) is 0 Å². The van der Waals surface area contributed by atoms with Crippen molar-refractivity contribution in [1.29, 1.82) is 0 Å². The maximum absolute atomic E-state index is 2.45. The lowest BCUT2D eigenvalue weighted by atomic mass is 9.67. The van der Waals surface area contributed by atoms with Crippen LogP contribution in [0.5, 0.6) is 0 Å². The highest BCUT2D eigenvalue weighted by atomic mass is 14.4. The summed E-state index contributed by atoms with van der Waals surface area (Å²) in [7, 11) is 0. The Kier molecular flexibility index (Phi) is 3.10. The Bertz CT molecular complexity index is 368. The van der Waals surface area contributed by atoms with Crippen LogP contribution in [-0.2, 0) is 5.41 Å². The van der Waals surface area contributed by atoms with Crippen LogP contribution in [0, 0.1) is 19.8 Å². The minimum Gasteiger partial charge on any atom is -0.0625 e. The Morgan fingerprint density at radius 2 is 1.75 bits per heavy atom. The molecule has 88 valence electrons. The molecule has 1 aliphatic rings. The molecule has 0 radical (unpaired) electrons. The van der Waals surface area contributed by atoms with Gasteiger partial charge in [0.15, 0.2) is 0 Å². The zero-order valence-electron chi connectivity index (χ0n) is 11.1. The average molecular weight is 216 g/mol. The van der Waals surface area contributed by atoms with Crippen LogP contribution in [0.1, 0.15) is 56.2 Å². The van der Waals surface area contributed by atoms with Gasteiger partial charge in [0.05, 0.1) is 0 Å². The summed E-state index contributed by atoms with van der Waals surface area (Å²) in [5, 5.41) is 0. The first-order chi connectivity index (χ1) is 7.51. The topological polar surface area (TPSA) is 0 Å². The van der Waals surface area contributed by atoms with Crippen molar-refractivity contribution in [2.45, 2.75) is 58.8 Å². The molecular weight excluding hydrogens is 192 g/mol. The van der Waals surface area contributed by atoms with E-state index >= 15 is 0 Å². The lowest BCUT2D eigenvalue weighted by Gasteiger charge is -2.38. The second kappa shape index (κ2) is 4.24. The molecule has 1 aromatic rings. The molecule has 16 heavy (non-hydrogen) atoms. The molecule has 0 bridgehead atoms. The SMILES string of the molecule is Cc1ccc(C2(C)CCC(C)CC2)c(C)c1. The van der Waals surface area contributed by atoms with Crippen molar-refractivity contribution in [1.82, 2.24) is 0 Å². The predicted molar refractivity (Wildman–Crippen MR) is 70.9 cm³/mol. The Hall–Kier alpha value is -0.780.